The van der Waals surface area contributed by atoms with E-state index in [0.717, 1.165) is 22.4 Å². The third-order valence-electron chi connectivity index (χ3n) is 4.29. The molecule has 5 nitrogen and oxygen atoms in total. The van der Waals surface area contributed by atoms with Crippen LogP contribution in [0.5, 0.6) is 17.2 Å². The van der Waals surface area contributed by atoms with Crippen molar-refractivity contribution in [1.29, 1.82) is 0 Å². The topological polar surface area (TPSA) is 57.7 Å². The molecule has 0 spiro atoms. The van der Waals surface area contributed by atoms with E-state index >= 15 is 0 Å². The Morgan fingerprint density at radius 3 is 2.45 bits per heavy atom. The number of carbonyl (C=O) groups excluding carboxylic acids is 1. The summed E-state index contributed by atoms with van der Waals surface area (Å²) in [5.74, 6) is 1.01. The minimum Gasteiger partial charge on any atom is -0.493 e. The van der Waals surface area contributed by atoms with Gasteiger partial charge in [0.2, 0.25) is 0 Å². The van der Waals surface area contributed by atoms with Gasteiger partial charge in [0.15, 0.2) is 18.1 Å². The van der Waals surface area contributed by atoms with Gasteiger partial charge in [-0.3, -0.25) is 4.98 Å². The molecule has 1 aromatic heterocycles. The summed E-state index contributed by atoms with van der Waals surface area (Å²) in [6.45, 7) is 3.69. The molecule has 148 valence electrons. The van der Waals surface area contributed by atoms with Crippen molar-refractivity contribution in [3.63, 3.8) is 0 Å². The predicted molar refractivity (Wildman–Crippen MR) is 113 cm³/mol. The van der Waals surface area contributed by atoms with Crippen LogP contribution in [-0.4, -0.2) is 24.7 Å². The maximum Gasteiger partial charge on any atom is 0.349 e. The Labute approximate surface area is 170 Å². The van der Waals surface area contributed by atoms with Crippen LogP contribution in [-0.2, 0) is 4.79 Å². The van der Waals surface area contributed by atoms with Crippen molar-refractivity contribution in [2.45, 2.75) is 13.8 Å². The zero-order chi connectivity index (χ0) is 20.6. The second-order valence-electron chi connectivity index (χ2n) is 6.48. The van der Waals surface area contributed by atoms with Gasteiger partial charge in [0.05, 0.1) is 12.8 Å². The lowest BCUT2D eigenvalue weighted by molar-refractivity contribution is -0.136. The van der Waals surface area contributed by atoms with Gasteiger partial charge >= 0.3 is 5.97 Å². The molecule has 29 heavy (non-hydrogen) atoms. The summed E-state index contributed by atoms with van der Waals surface area (Å²) in [5, 5.41) is 0. The van der Waals surface area contributed by atoms with E-state index in [-0.39, 0.29) is 6.61 Å². The van der Waals surface area contributed by atoms with E-state index in [1.807, 2.05) is 68.5 Å². The number of benzene rings is 2. The summed E-state index contributed by atoms with van der Waals surface area (Å²) in [7, 11) is 1.53. The maximum atomic E-state index is 12.2. The van der Waals surface area contributed by atoms with Crippen LogP contribution in [0.15, 0.2) is 60.8 Å². The molecule has 1 heterocycles. The molecule has 0 amide bonds. The Hall–Kier alpha value is -3.60. The van der Waals surface area contributed by atoms with E-state index in [1.165, 1.54) is 7.11 Å². The average Bonchev–Trinajstić information content (AvgIpc) is 2.73. The number of rotatable bonds is 7. The number of aryl methyl sites for hydroxylation is 2. The molecule has 0 radical (unpaired) electrons. The van der Waals surface area contributed by atoms with Gasteiger partial charge in [-0.15, -0.1) is 0 Å². The molecule has 0 saturated carbocycles. The number of carbonyl (C=O) groups is 1. The molecule has 0 aliphatic carbocycles. The second-order valence-corrected chi connectivity index (χ2v) is 6.48. The van der Waals surface area contributed by atoms with Crippen molar-refractivity contribution in [2.24, 2.45) is 0 Å². The summed E-state index contributed by atoms with van der Waals surface area (Å²) in [6, 6.07) is 16.9. The fourth-order valence-electron chi connectivity index (χ4n) is 2.84. The largest absolute Gasteiger partial charge is 0.493 e. The molecule has 0 fully saturated rings. The second kappa shape index (κ2) is 9.55. The molecule has 5 heteroatoms. The van der Waals surface area contributed by atoms with Crippen molar-refractivity contribution in [1.82, 2.24) is 4.98 Å². The molecular weight excluding hydrogens is 366 g/mol. The molecule has 2 aromatic carbocycles. The summed E-state index contributed by atoms with van der Waals surface area (Å²) in [6.07, 6.45) is 5.56. The SMILES string of the molecule is COc1cc(/C=C/c2ccccn2)ccc1OC(=O)COc1c(C)cccc1C. The molecule has 3 aromatic rings. The molecule has 3 rings (SSSR count). The molecule has 0 aliphatic rings. The molecule has 0 bridgehead atoms. The number of aromatic nitrogens is 1. The molecule has 0 unspecified atom stereocenters. The number of para-hydroxylation sites is 1. The normalized spacial score (nSPS) is 10.7. The Bertz CT molecular complexity index is 992. The first kappa shape index (κ1) is 20.1. The van der Waals surface area contributed by atoms with Crippen molar-refractivity contribution in [3.05, 3.63) is 83.2 Å². The van der Waals surface area contributed by atoms with Crippen molar-refractivity contribution in [3.8, 4) is 17.2 Å². The van der Waals surface area contributed by atoms with Crippen LogP contribution in [0, 0.1) is 13.8 Å². The first-order valence-corrected chi connectivity index (χ1v) is 9.23. The highest BCUT2D eigenvalue weighted by Crippen LogP contribution is 2.29. The number of methoxy groups -OCH3 is 1. The van der Waals surface area contributed by atoms with E-state index in [1.54, 1.807) is 18.3 Å². The number of ether oxygens (including phenoxy) is 3. The van der Waals surface area contributed by atoms with Crippen molar-refractivity contribution in [2.75, 3.05) is 13.7 Å². The highest BCUT2D eigenvalue weighted by Gasteiger charge is 2.13. The average molecular weight is 389 g/mol. The predicted octanol–water partition coefficient (Wildman–Crippen LogP) is 4.86. The minimum absolute atomic E-state index is 0.184. The van der Waals surface area contributed by atoms with Crippen LogP contribution in [0.25, 0.3) is 12.2 Å². The van der Waals surface area contributed by atoms with Gasteiger partial charge in [-0.1, -0.05) is 36.4 Å². The molecule has 0 atom stereocenters. The van der Waals surface area contributed by atoms with Crippen LogP contribution >= 0.6 is 0 Å². The molecular formula is C24H23NO4. The van der Waals surface area contributed by atoms with E-state index in [2.05, 4.69) is 4.98 Å². The fraction of sp³-hybridized carbons (Fsp3) is 0.167. The van der Waals surface area contributed by atoms with Gasteiger partial charge in [0.1, 0.15) is 5.75 Å². The van der Waals surface area contributed by atoms with Gasteiger partial charge in [0, 0.05) is 6.20 Å². The standard InChI is InChI=1S/C24H23NO4/c1-17-7-6-8-18(2)24(17)28-16-23(26)29-21-13-11-19(15-22(21)27-3)10-12-20-9-4-5-14-25-20/h4-15H,16H2,1-3H3/b12-10+. The lowest BCUT2D eigenvalue weighted by Crippen LogP contribution is -2.18. The van der Waals surface area contributed by atoms with E-state index in [9.17, 15) is 4.79 Å². The summed E-state index contributed by atoms with van der Waals surface area (Å²) in [5.41, 5.74) is 3.70. The van der Waals surface area contributed by atoms with Crippen LogP contribution in [0.2, 0.25) is 0 Å². The summed E-state index contributed by atoms with van der Waals surface area (Å²) >= 11 is 0. The highest BCUT2D eigenvalue weighted by atomic mass is 16.6. The Morgan fingerprint density at radius 1 is 0.966 bits per heavy atom. The van der Waals surface area contributed by atoms with Gasteiger partial charge in [-0.05, 0) is 60.9 Å². The van der Waals surface area contributed by atoms with E-state index in [0.29, 0.717) is 17.2 Å². The monoisotopic (exact) mass is 389 g/mol. The zero-order valence-corrected chi connectivity index (χ0v) is 16.7. The maximum absolute atomic E-state index is 12.2. The van der Waals surface area contributed by atoms with Crippen LogP contribution < -0.4 is 14.2 Å². The van der Waals surface area contributed by atoms with E-state index < -0.39 is 5.97 Å². The minimum atomic E-state index is -0.497. The third-order valence-corrected chi connectivity index (χ3v) is 4.29. The molecule has 0 N–H and O–H groups in total. The lowest BCUT2D eigenvalue weighted by Gasteiger charge is -2.13. The van der Waals surface area contributed by atoms with Gasteiger partial charge in [-0.2, -0.15) is 0 Å². The van der Waals surface area contributed by atoms with E-state index in [4.69, 9.17) is 14.2 Å². The van der Waals surface area contributed by atoms with Gasteiger partial charge in [-0.25, -0.2) is 4.79 Å². The number of pyridine rings is 1. The Kier molecular flexibility index (Phi) is 6.63. The number of hydrogen-bond acceptors (Lipinski definition) is 5. The van der Waals surface area contributed by atoms with Crippen LogP contribution in [0.4, 0.5) is 0 Å². The number of esters is 1. The quantitative estimate of drug-likeness (QED) is 0.427. The smallest absolute Gasteiger partial charge is 0.349 e. The molecule has 0 aliphatic heterocycles. The summed E-state index contributed by atoms with van der Waals surface area (Å²) in [4.78, 5) is 16.5. The number of hydrogen-bond donors (Lipinski definition) is 0. The van der Waals surface area contributed by atoms with Gasteiger partial charge in [0.25, 0.3) is 0 Å². The summed E-state index contributed by atoms with van der Waals surface area (Å²) < 4.78 is 16.5. The lowest BCUT2D eigenvalue weighted by atomic mass is 10.1. The van der Waals surface area contributed by atoms with Crippen molar-refractivity contribution >= 4 is 18.1 Å². The van der Waals surface area contributed by atoms with Crippen LogP contribution in [0.1, 0.15) is 22.4 Å². The van der Waals surface area contributed by atoms with Crippen molar-refractivity contribution < 1.29 is 19.0 Å². The fourth-order valence-corrected chi connectivity index (χ4v) is 2.84. The first-order chi connectivity index (χ1) is 14.1. The first-order valence-electron chi connectivity index (χ1n) is 9.23. The van der Waals surface area contributed by atoms with Crippen LogP contribution in [0.3, 0.4) is 0 Å². The number of nitrogens with zero attached hydrogens (tertiary/aromatic N) is 1. The Morgan fingerprint density at radius 2 is 1.76 bits per heavy atom. The Balaban J connectivity index is 1.65. The third kappa shape index (κ3) is 5.45. The molecule has 0 saturated heterocycles. The highest BCUT2D eigenvalue weighted by molar-refractivity contribution is 5.76. The van der Waals surface area contributed by atoms with Gasteiger partial charge < -0.3 is 14.2 Å². The zero-order valence-electron chi connectivity index (χ0n) is 16.7.